The topological polar surface area (TPSA) is 99.1 Å². The van der Waals surface area contributed by atoms with Gasteiger partial charge >= 0.3 is 6.18 Å². The predicted molar refractivity (Wildman–Crippen MR) is 177 cm³/mol. The number of azo groups is 3. The van der Waals surface area contributed by atoms with Gasteiger partial charge in [-0.1, -0.05) is 55.5 Å². The predicted octanol–water partition coefficient (Wildman–Crippen LogP) is 12.9. The largest absolute Gasteiger partial charge is 0.434 e. The molecule has 0 spiro atoms. The van der Waals surface area contributed by atoms with E-state index in [1.165, 1.54) is 0 Å². The summed E-state index contributed by atoms with van der Waals surface area (Å²) in [5, 5.41) is 34.2. The van der Waals surface area contributed by atoms with Gasteiger partial charge in [-0.15, -0.1) is 36.9 Å². The van der Waals surface area contributed by atoms with Gasteiger partial charge in [0.2, 0.25) is 5.13 Å². The molecular formula is C34H27F3N8S. The summed E-state index contributed by atoms with van der Waals surface area (Å²) in [5.41, 5.74) is 3.24. The van der Waals surface area contributed by atoms with Crippen molar-refractivity contribution >= 4 is 72.1 Å². The number of thiazole rings is 1. The Balaban J connectivity index is 1.21. The number of hydrogen-bond donors (Lipinski definition) is 1. The molecule has 46 heavy (non-hydrogen) atoms. The van der Waals surface area contributed by atoms with Crippen LogP contribution in [0.1, 0.15) is 26.0 Å². The molecule has 1 heterocycles. The Bertz CT molecular complexity index is 2090. The van der Waals surface area contributed by atoms with E-state index >= 15 is 0 Å². The van der Waals surface area contributed by atoms with E-state index in [0.717, 1.165) is 56.1 Å². The first kappa shape index (κ1) is 30.7. The van der Waals surface area contributed by atoms with Crippen molar-refractivity contribution in [2.45, 2.75) is 32.5 Å². The quantitative estimate of drug-likeness (QED) is 0.160. The van der Waals surface area contributed by atoms with Crippen LogP contribution < -0.4 is 5.32 Å². The van der Waals surface area contributed by atoms with Crippen LogP contribution in [-0.4, -0.2) is 11.0 Å². The van der Waals surface area contributed by atoms with Crippen molar-refractivity contribution in [2.24, 2.45) is 30.7 Å². The van der Waals surface area contributed by atoms with E-state index in [9.17, 15) is 13.2 Å². The van der Waals surface area contributed by atoms with Crippen LogP contribution in [0, 0.1) is 0 Å². The maximum Gasteiger partial charge on any atom is 0.434 e. The first-order valence-electron chi connectivity index (χ1n) is 14.5. The minimum atomic E-state index is -4.51. The van der Waals surface area contributed by atoms with Gasteiger partial charge in [0.15, 0.2) is 5.69 Å². The van der Waals surface area contributed by atoms with Gasteiger partial charge < -0.3 is 5.32 Å². The van der Waals surface area contributed by atoms with E-state index in [-0.39, 0.29) is 5.13 Å². The summed E-state index contributed by atoms with van der Waals surface area (Å²) in [6, 6.07) is 30.7. The third-order valence-corrected chi connectivity index (χ3v) is 7.94. The Hall–Kier alpha value is -5.36. The number of benzene rings is 5. The summed E-state index contributed by atoms with van der Waals surface area (Å²) < 4.78 is 38.2. The number of nitrogens with zero attached hydrogens (tertiary/aromatic N) is 7. The second-order valence-corrected chi connectivity index (χ2v) is 11.2. The molecule has 0 aliphatic rings. The lowest BCUT2D eigenvalue weighted by Gasteiger charge is -2.15. The van der Waals surface area contributed by atoms with Crippen LogP contribution in [0.4, 0.5) is 52.4 Å². The Morgan fingerprint density at radius 2 is 1.13 bits per heavy atom. The molecule has 0 aliphatic carbocycles. The van der Waals surface area contributed by atoms with E-state index in [0.29, 0.717) is 28.8 Å². The number of alkyl halides is 3. The van der Waals surface area contributed by atoms with Crippen molar-refractivity contribution in [3.05, 3.63) is 108 Å². The summed E-state index contributed by atoms with van der Waals surface area (Å²) >= 11 is 0.771. The first-order chi connectivity index (χ1) is 22.3. The van der Waals surface area contributed by atoms with Gasteiger partial charge in [-0.25, -0.2) is 4.98 Å². The van der Waals surface area contributed by atoms with Crippen LogP contribution in [0.15, 0.2) is 133 Å². The normalized spacial score (nSPS) is 13.1. The molecule has 0 bridgehead atoms. The van der Waals surface area contributed by atoms with Crippen LogP contribution in [0.25, 0.3) is 21.5 Å². The smallest absolute Gasteiger partial charge is 0.382 e. The molecule has 1 aromatic heterocycles. The number of halogens is 3. The molecule has 0 fully saturated rings. The summed E-state index contributed by atoms with van der Waals surface area (Å²) in [7, 11) is 0. The fraction of sp³-hybridized carbons (Fsp3) is 0.147. The SMILES string of the molecule is CCC(C)Nc1ccc(/N=N/c2ccc(/N=N/c3ccc(/N=N/c4nc(C(F)(F)F)cs4)cc3)c3ccccc23)c2ccccc12. The summed E-state index contributed by atoms with van der Waals surface area (Å²) in [5.74, 6) is 0. The van der Waals surface area contributed by atoms with Crippen LogP contribution in [0.2, 0.25) is 0 Å². The summed E-state index contributed by atoms with van der Waals surface area (Å²) in [4.78, 5) is 3.45. The minimum absolute atomic E-state index is 0.0772. The number of fused-ring (bicyclic) bond motifs is 2. The Labute approximate surface area is 266 Å². The van der Waals surface area contributed by atoms with Crippen molar-refractivity contribution in [2.75, 3.05) is 5.32 Å². The van der Waals surface area contributed by atoms with Crippen molar-refractivity contribution in [3.63, 3.8) is 0 Å². The highest BCUT2D eigenvalue weighted by atomic mass is 32.1. The lowest BCUT2D eigenvalue weighted by Crippen LogP contribution is -2.13. The fourth-order valence-corrected chi connectivity index (χ4v) is 5.29. The van der Waals surface area contributed by atoms with Crippen LogP contribution in [0.3, 0.4) is 0 Å². The maximum atomic E-state index is 12.7. The molecule has 12 heteroatoms. The molecule has 6 aromatic rings. The van der Waals surface area contributed by atoms with Gasteiger partial charge in [-0.2, -0.15) is 18.3 Å². The van der Waals surface area contributed by atoms with Crippen LogP contribution >= 0.6 is 11.3 Å². The maximum absolute atomic E-state index is 12.7. The van der Waals surface area contributed by atoms with Gasteiger partial charge in [0, 0.05) is 38.7 Å². The van der Waals surface area contributed by atoms with Gasteiger partial charge in [0.1, 0.15) is 0 Å². The fourth-order valence-electron chi connectivity index (χ4n) is 4.65. The highest BCUT2D eigenvalue weighted by Gasteiger charge is 2.33. The van der Waals surface area contributed by atoms with Crippen molar-refractivity contribution in [3.8, 4) is 0 Å². The monoisotopic (exact) mass is 636 g/mol. The molecule has 8 nitrogen and oxygen atoms in total. The molecule has 6 rings (SSSR count). The lowest BCUT2D eigenvalue weighted by molar-refractivity contribution is -0.140. The molecule has 1 atom stereocenters. The third kappa shape index (κ3) is 6.97. The molecule has 5 aromatic carbocycles. The van der Waals surface area contributed by atoms with E-state index < -0.39 is 11.9 Å². The van der Waals surface area contributed by atoms with Gasteiger partial charge in [0.25, 0.3) is 0 Å². The summed E-state index contributed by atoms with van der Waals surface area (Å²) in [6.07, 6.45) is -3.49. The highest BCUT2D eigenvalue weighted by Crippen LogP contribution is 2.38. The van der Waals surface area contributed by atoms with Gasteiger partial charge in [-0.05, 0) is 61.9 Å². The van der Waals surface area contributed by atoms with E-state index in [1.807, 2.05) is 60.7 Å². The summed E-state index contributed by atoms with van der Waals surface area (Å²) in [6.45, 7) is 4.32. The molecule has 0 radical (unpaired) electrons. The number of aromatic nitrogens is 1. The average Bonchev–Trinajstić information content (AvgIpc) is 3.57. The lowest BCUT2D eigenvalue weighted by atomic mass is 10.1. The molecule has 0 saturated carbocycles. The number of hydrogen-bond acceptors (Lipinski definition) is 9. The Morgan fingerprint density at radius 3 is 1.65 bits per heavy atom. The Kier molecular flexibility index (Phi) is 8.88. The second kappa shape index (κ2) is 13.3. The standard InChI is InChI=1S/C34H27F3N8S/c1-3-21(2)38-28-16-17-30(25-9-5-4-8-24(25)28)43-44-31-19-18-29(26-10-6-7-11-27(26)31)42-40-22-12-14-23(15-13-22)41-45-33-39-32(20-46-33)34(35,36)37/h4-21,38H,3H2,1-2H3/b42-40+,44-43+,45-41+. The Morgan fingerprint density at radius 1 is 0.652 bits per heavy atom. The highest BCUT2D eigenvalue weighted by molar-refractivity contribution is 7.13. The first-order valence-corrected chi connectivity index (χ1v) is 15.3. The molecule has 0 aliphatic heterocycles. The van der Waals surface area contributed by atoms with E-state index in [2.05, 4.69) is 67.0 Å². The number of anilines is 1. The van der Waals surface area contributed by atoms with Gasteiger partial charge in [0.05, 0.1) is 28.4 Å². The third-order valence-electron chi connectivity index (χ3n) is 7.22. The zero-order valence-electron chi connectivity index (χ0n) is 24.8. The average molecular weight is 637 g/mol. The number of rotatable bonds is 9. The zero-order valence-corrected chi connectivity index (χ0v) is 25.6. The minimum Gasteiger partial charge on any atom is -0.382 e. The van der Waals surface area contributed by atoms with Crippen molar-refractivity contribution in [1.29, 1.82) is 0 Å². The second-order valence-electron chi connectivity index (χ2n) is 10.4. The molecular weight excluding hydrogens is 609 g/mol. The molecule has 0 saturated heterocycles. The van der Waals surface area contributed by atoms with E-state index in [4.69, 9.17) is 0 Å². The molecule has 1 unspecified atom stereocenters. The van der Waals surface area contributed by atoms with Crippen molar-refractivity contribution < 1.29 is 13.2 Å². The van der Waals surface area contributed by atoms with E-state index in [1.54, 1.807) is 24.3 Å². The van der Waals surface area contributed by atoms with Crippen LogP contribution in [0.5, 0.6) is 0 Å². The molecule has 230 valence electrons. The molecule has 0 amide bonds. The zero-order chi connectivity index (χ0) is 32.1. The molecule has 1 N–H and O–H groups in total. The van der Waals surface area contributed by atoms with Gasteiger partial charge in [-0.3, -0.25) is 0 Å². The number of nitrogens with one attached hydrogen (secondary N) is 1. The van der Waals surface area contributed by atoms with Crippen LogP contribution in [-0.2, 0) is 6.18 Å². The van der Waals surface area contributed by atoms with Crippen molar-refractivity contribution in [1.82, 2.24) is 4.98 Å².